The zero-order chi connectivity index (χ0) is 33.0. The summed E-state index contributed by atoms with van der Waals surface area (Å²) in [4.78, 5) is 0. The molecule has 5 heteroatoms. The van der Waals surface area contributed by atoms with E-state index in [2.05, 4.69) is 169 Å². The average molecular weight is 647 g/mol. The Morgan fingerprint density at radius 3 is 1.30 bits per heavy atom. The third-order valence-corrected chi connectivity index (χ3v) is 19.7. The van der Waals surface area contributed by atoms with Crippen molar-refractivity contribution in [2.45, 2.75) is 76.7 Å². The van der Waals surface area contributed by atoms with Gasteiger partial charge in [-0.05, 0) is 48.4 Å². The molecular formula is C41H50O3Si2. The molecule has 0 spiro atoms. The second-order valence-electron chi connectivity index (χ2n) is 14.5. The van der Waals surface area contributed by atoms with Crippen molar-refractivity contribution in [2.24, 2.45) is 0 Å². The Balaban J connectivity index is 1.65. The molecule has 2 unspecified atom stereocenters. The van der Waals surface area contributed by atoms with Crippen molar-refractivity contribution in [1.29, 1.82) is 0 Å². The van der Waals surface area contributed by atoms with Crippen molar-refractivity contribution in [2.75, 3.05) is 6.61 Å². The summed E-state index contributed by atoms with van der Waals surface area (Å²) >= 11 is 0. The van der Waals surface area contributed by atoms with Crippen molar-refractivity contribution in [3.63, 3.8) is 0 Å². The maximum Gasteiger partial charge on any atom is 0.261 e. The Bertz CT molecular complexity index is 1530. The average Bonchev–Trinajstić information content (AvgIpc) is 3.05. The van der Waals surface area contributed by atoms with E-state index in [9.17, 15) is 5.11 Å². The van der Waals surface area contributed by atoms with Gasteiger partial charge in [-0.1, -0.05) is 176 Å². The Kier molecular flexibility index (Phi) is 10.2. The highest BCUT2D eigenvalue weighted by Crippen LogP contribution is 2.44. The number of rotatable bonds is 9. The molecule has 0 amide bonds. The quantitative estimate of drug-likeness (QED) is 0.197. The highest BCUT2D eigenvalue weighted by molar-refractivity contribution is 7.00. The van der Waals surface area contributed by atoms with Crippen LogP contribution < -0.4 is 20.7 Å². The highest BCUT2D eigenvalue weighted by atomic mass is 28.4. The predicted molar refractivity (Wildman–Crippen MR) is 199 cm³/mol. The van der Waals surface area contributed by atoms with Crippen molar-refractivity contribution < 1.29 is 14.0 Å². The van der Waals surface area contributed by atoms with Crippen molar-refractivity contribution >= 4 is 37.4 Å². The number of benzene rings is 4. The molecule has 0 bridgehead atoms. The molecule has 1 fully saturated rings. The first-order chi connectivity index (χ1) is 21.9. The van der Waals surface area contributed by atoms with Gasteiger partial charge in [0.25, 0.3) is 16.6 Å². The molecule has 3 nitrogen and oxygen atoms in total. The Morgan fingerprint density at radius 1 is 0.630 bits per heavy atom. The molecule has 1 N–H and O–H groups in total. The fourth-order valence-electron chi connectivity index (χ4n) is 7.43. The zero-order valence-electron chi connectivity index (χ0n) is 28.4. The van der Waals surface area contributed by atoms with Crippen LogP contribution in [0.15, 0.2) is 145 Å². The van der Waals surface area contributed by atoms with Crippen LogP contribution in [0.5, 0.6) is 0 Å². The molecular weight excluding hydrogens is 597 g/mol. The van der Waals surface area contributed by atoms with Gasteiger partial charge >= 0.3 is 0 Å². The summed E-state index contributed by atoms with van der Waals surface area (Å²) in [6.07, 6.45) is 2.88. The van der Waals surface area contributed by atoms with E-state index in [4.69, 9.17) is 8.85 Å². The lowest BCUT2D eigenvalue weighted by molar-refractivity contribution is 0.102. The normalized spacial score (nSPS) is 18.9. The highest BCUT2D eigenvalue weighted by Gasteiger charge is 2.55. The summed E-state index contributed by atoms with van der Waals surface area (Å²) in [6, 6.07) is 43.2. The predicted octanol–water partition coefficient (Wildman–Crippen LogP) is 7.15. The summed E-state index contributed by atoms with van der Waals surface area (Å²) in [7, 11) is -5.71. The van der Waals surface area contributed by atoms with Crippen molar-refractivity contribution in [1.82, 2.24) is 0 Å². The molecule has 0 aromatic heterocycles. The van der Waals surface area contributed by atoms with Gasteiger partial charge in [-0.15, -0.1) is 0 Å². The van der Waals surface area contributed by atoms with Crippen LogP contribution in [0.1, 0.15) is 54.4 Å². The largest absolute Gasteiger partial charge is 0.404 e. The third kappa shape index (κ3) is 6.44. The molecule has 2 atom stereocenters. The van der Waals surface area contributed by atoms with E-state index >= 15 is 0 Å². The SMILES string of the molecule is C=C1C(=CCO)CC(O[Si](c2ccccc2)(c2ccccc2)C(C)(C)C)CC1O[Si](c1ccccc1)(c1ccccc1)C(C)(C)C. The van der Waals surface area contributed by atoms with Gasteiger partial charge in [-0.25, -0.2) is 0 Å². The standard InChI is InChI=1S/C41H50O3Si2/c1-32-33(28-29-42)30-34(43-45(40(2,3)4,35-20-12-8-13-21-35)36-22-14-9-15-23-36)31-39(32)44-46(41(5,6)7,37-24-16-10-17-25-37)38-26-18-11-19-27-38/h8-28,34,39,42H,1,29-31H2,2-7H3. The Labute approximate surface area is 278 Å². The van der Waals surface area contributed by atoms with Gasteiger partial charge in [0.1, 0.15) is 0 Å². The van der Waals surface area contributed by atoms with E-state index in [0.29, 0.717) is 12.8 Å². The number of aliphatic hydroxyl groups excluding tert-OH is 1. The molecule has 0 saturated heterocycles. The molecule has 46 heavy (non-hydrogen) atoms. The van der Waals surface area contributed by atoms with Crippen LogP contribution in [0.3, 0.4) is 0 Å². The van der Waals surface area contributed by atoms with Crippen molar-refractivity contribution in [3.8, 4) is 0 Å². The van der Waals surface area contributed by atoms with Crippen LogP contribution >= 0.6 is 0 Å². The molecule has 4 aromatic rings. The summed E-state index contributed by atoms with van der Waals surface area (Å²) in [6.45, 7) is 18.5. The lowest BCUT2D eigenvalue weighted by atomic mass is 9.86. The summed E-state index contributed by atoms with van der Waals surface area (Å²) in [5.74, 6) is 0. The van der Waals surface area contributed by atoms with Crippen LogP contribution in [-0.2, 0) is 8.85 Å². The maximum atomic E-state index is 10.2. The molecule has 0 radical (unpaired) electrons. The van der Waals surface area contributed by atoms with Gasteiger partial charge in [0.05, 0.1) is 18.8 Å². The summed E-state index contributed by atoms with van der Waals surface area (Å²) in [5.41, 5.74) is 1.98. The van der Waals surface area contributed by atoms with Gasteiger partial charge in [-0.2, -0.15) is 0 Å². The molecule has 1 saturated carbocycles. The van der Waals surface area contributed by atoms with Gasteiger partial charge in [0.15, 0.2) is 0 Å². The first kappa shape index (κ1) is 34.0. The fourth-order valence-corrected chi connectivity index (χ4v) is 16.8. The lowest BCUT2D eigenvalue weighted by Gasteiger charge is -2.49. The van der Waals surface area contributed by atoms with Crippen LogP contribution in [0, 0.1) is 0 Å². The molecule has 4 aromatic carbocycles. The third-order valence-electron chi connectivity index (χ3n) is 9.56. The second kappa shape index (κ2) is 13.8. The minimum atomic E-state index is -2.88. The smallest absolute Gasteiger partial charge is 0.261 e. The van der Waals surface area contributed by atoms with Crippen molar-refractivity contribution in [3.05, 3.63) is 145 Å². The topological polar surface area (TPSA) is 38.7 Å². The Hall–Kier alpha value is -3.33. The number of aliphatic hydroxyl groups is 1. The Morgan fingerprint density at radius 2 is 0.978 bits per heavy atom. The second-order valence-corrected chi connectivity index (χ2v) is 23.1. The van der Waals surface area contributed by atoms with Gasteiger partial charge in [0.2, 0.25) is 0 Å². The van der Waals surface area contributed by atoms with E-state index in [1.807, 2.05) is 6.08 Å². The summed E-state index contributed by atoms with van der Waals surface area (Å²) in [5, 5.41) is 14.8. The van der Waals surface area contributed by atoms with Crippen LogP contribution in [0.2, 0.25) is 10.1 Å². The first-order valence-electron chi connectivity index (χ1n) is 16.5. The van der Waals surface area contributed by atoms with E-state index in [-0.39, 0.29) is 28.9 Å². The van der Waals surface area contributed by atoms with Crippen LogP contribution in [-0.4, -0.2) is 40.6 Å². The molecule has 1 aliphatic rings. The maximum absolute atomic E-state index is 10.2. The minimum absolute atomic E-state index is 0.0494. The molecule has 240 valence electrons. The minimum Gasteiger partial charge on any atom is -0.404 e. The lowest BCUT2D eigenvalue weighted by Crippen LogP contribution is -2.69. The first-order valence-corrected chi connectivity index (χ1v) is 20.3. The van der Waals surface area contributed by atoms with E-state index in [1.54, 1.807) is 0 Å². The van der Waals surface area contributed by atoms with Gasteiger partial charge in [0, 0.05) is 6.42 Å². The van der Waals surface area contributed by atoms with Crippen LogP contribution in [0.25, 0.3) is 0 Å². The molecule has 1 aliphatic carbocycles. The molecule has 5 rings (SSSR count). The monoisotopic (exact) mass is 646 g/mol. The van der Waals surface area contributed by atoms with E-state index in [1.165, 1.54) is 20.7 Å². The molecule has 0 aliphatic heterocycles. The van der Waals surface area contributed by atoms with Gasteiger partial charge < -0.3 is 14.0 Å². The van der Waals surface area contributed by atoms with E-state index < -0.39 is 16.6 Å². The summed E-state index contributed by atoms with van der Waals surface area (Å²) < 4.78 is 15.4. The molecule has 0 heterocycles. The number of hydrogen-bond acceptors (Lipinski definition) is 3. The number of hydrogen-bond donors (Lipinski definition) is 1. The fraction of sp³-hybridized carbons (Fsp3) is 0.317. The zero-order valence-corrected chi connectivity index (χ0v) is 30.4. The van der Waals surface area contributed by atoms with Gasteiger partial charge in [-0.3, -0.25) is 0 Å². The van der Waals surface area contributed by atoms with E-state index in [0.717, 1.165) is 11.1 Å². The van der Waals surface area contributed by atoms with Crippen LogP contribution in [0.4, 0.5) is 0 Å².